The van der Waals surface area contributed by atoms with E-state index in [-0.39, 0.29) is 4.21 Å². The van der Waals surface area contributed by atoms with Crippen molar-refractivity contribution in [2.75, 3.05) is 17.1 Å². The number of nitrogens with one attached hydrogen (secondary N) is 1. The molecule has 0 aliphatic heterocycles. The number of aryl methyl sites for hydroxylation is 1. The van der Waals surface area contributed by atoms with Crippen molar-refractivity contribution in [3.05, 3.63) is 35.2 Å². The summed E-state index contributed by atoms with van der Waals surface area (Å²) in [5.41, 5.74) is 7.41. The molecule has 0 spiro atoms. The Morgan fingerprint density at radius 1 is 1.35 bits per heavy atom. The van der Waals surface area contributed by atoms with Crippen molar-refractivity contribution in [3.63, 3.8) is 0 Å². The summed E-state index contributed by atoms with van der Waals surface area (Å²) in [6, 6.07) is 6.74. The summed E-state index contributed by atoms with van der Waals surface area (Å²) >= 11 is 1.08. The minimum atomic E-state index is -3.64. The van der Waals surface area contributed by atoms with Gasteiger partial charge in [-0.05, 0) is 37.6 Å². The number of anilines is 2. The van der Waals surface area contributed by atoms with Gasteiger partial charge < -0.3 is 10.5 Å². The van der Waals surface area contributed by atoms with Gasteiger partial charge in [0.1, 0.15) is 9.96 Å². The van der Waals surface area contributed by atoms with Gasteiger partial charge in [0.05, 0.1) is 12.3 Å². The molecule has 2 rings (SSSR count). The molecule has 108 valence electrons. The van der Waals surface area contributed by atoms with E-state index in [4.69, 9.17) is 10.5 Å². The first kappa shape index (κ1) is 14.7. The van der Waals surface area contributed by atoms with E-state index in [2.05, 4.69) is 4.72 Å². The highest BCUT2D eigenvalue weighted by Crippen LogP contribution is 2.30. The SMILES string of the molecule is CCOc1cc(C)ccc1NS(=O)(=O)c1cc(N)cs1. The number of thiophene rings is 1. The predicted molar refractivity (Wildman–Crippen MR) is 81.9 cm³/mol. The van der Waals surface area contributed by atoms with Gasteiger partial charge >= 0.3 is 0 Å². The van der Waals surface area contributed by atoms with Crippen molar-refractivity contribution in [1.29, 1.82) is 0 Å². The lowest BCUT2D eigenvalue weighted by Gasteiger charge is -2.12. The maximum Gasteiger partial charge on any atom is 0.271 e. The lowest BCUT2D eigenvalue weighted by atomic mass is 10.2. The Bertz CT molecular complexity index is 708. The minimum absolute atomic E-state index is 0.179. The average molecular weight is 312 g/mol. The molecule has 0 bridgehead atoms. The van der Waals surface area contributed by atoms with E-state index in [9.17, 15) is 8.42 Å². The van der Waals surface area contributed by atoms with E-state index >= 15 is 0 Å². The van der Waals surface area contributed by atoms with Crippen molar-refractivity contribution in [2.24, 2.45) is 0 Å². The van der Waals surface area contributed by atoms with Crippen LogP contribution in [0.1, 0.15) is 12.5 Å². The highest BCUT2D eigenvalue weighted by atomic mass is 32.2. The van der Waals surface area contributed by atoms with Gasteiger partial charge in [-0.1, -0.05) is 6.07 Å². The molecule has 20 heavy (non-hydrogen) atoms. The van der Waals surface area contributed by atoms with E-state index < -0.39 is 10.0 Å². The zero-order valence-corrected chi connectivity index (χ0v) is 12.8. The van der Waals surface area contributed by atoms with Gasteiger partial charge in [-0.2, -0.15) is 0 Å². The monoisotopic (exact) mass is 312 g/mol. The maximum atomic E-state index is 12.2. The van der Waals surface area contributed by atoms with Crippen LogP contribution < -0.4 is 15.2 Å². The number of rotatable bonds is 5. The Kier molecular flexibility index (Phi) is 4.20. The first-order chi connectivity index (χ1) is 9.42. The fourth-order valence-electron chi connectivity index (χ4n) is 1.66. The summed E-state index contributed by atoms with van der Waals surface area (Å²) < 4.78 is 32.7. The standard InChI is InChI=1S/C13H16N2O3S2/c1-3-18-12-6-9(2)4-5-11(12)15-20(16,17)13-7-10(14)8-19-13/h4-8,15H,3,14H2,1-2H3. The number of hydrogen-bond donors (Lipinski definition) is 2. The number of nitrogens with two attached hydrogens (primary N) is 1. The molecule has 1 heterocycles. The first-order valence-corrected chi connectivity index (χ1v) is 8.39. The third kappa shape index (κ3) is 3.23. The van der Waals surface area contributed by atoms with Crippen molar-refractivity contribution >= 4 is 32.7 Å². The van der Waals surface area contributed by atoms with Crippen LogP contribution in [-0.4, -0.2) is 15.0 Å². The van der Waals surface area contributed by atoms with Crippen LogP contribution in [0.5, 0.6) is 5.75 Å². The molecule has 0 aliphatic rings. The summed E-state index contributed by atoms with van der Waals surface area (Å²) in [7, 11) is -3.64. The second-order valence-electron chi connectivity index (χ2n) is 4.24. The molecule has 1 aromatic heterocycles. The van der Waals surface area contributed by atoms with Gasteiger partial charge in [-0.25, -0.2) is 8.42 Å². The van der Waals surface area contributed by atoms with E-state index in [1.54, 1.807) is 17.5 Å². The van der Waals surface area contributed by atoms with E-state index in [0.717, 1.165) is 16.9 Å². The highest BCUT2D eigenvalue weighted by Gasteiger charge is 2.18. The molecule has 1 aromatic carbocycles. The maximum absolute atomic E-state index is 12.2. The molecular weight excluding hydrogens is 296 g/mol. The van der Waals surface area contributed by atoms with Crippen molar-refractivity contribution in [1.82, 2.24) is 0 Å². The van der Waals surface area contributed by atoms with Crippen LogP contribution in [0.25, 0.3) is 0 Å². The zero-order chi connectivity index (χ0) is 14.8. The van der Waals surface area contributed by atoms with Crippen molar-refractivity contribution in [2.45, 2.75) is 18.1 Å². The molecule has 0 amide bonds. The Balaban J connectivity index is 2.34. The fraction of sp³-hybridized carbons (Fsp3) is 0.231. The zero-order valence-electron chi connectivity index (χ0n) is 11.2. The van der Waals surface area contributed by atoms with Gasteiger partial charge in [-0.3, -0.25) is 4.72 Å². The highest BCUT2D eigenvalue weighted by molar-refractivity contribution is 7.94. The van der Waals surface area contributed by atoms with E-state index in [1.807, 2.05) is 19.9 Å². The number of nitrogen functional groups attached to an aromatic ring is 1. The first-order valence-electron chi connectivity index (χ1n) is 6.02. The van der Waals surface area contributed by atoms with Crippen LogP contribution in [0.4, 0.5) is 11.4 Å². The quantitative estimate of drug-likeness (QED) is 0.889. The van der Waals surface area contributed by atoms with E-state index in [0.29, 0.717) is 23.7 Å². The third-order valence-corrected chi connectivity index (χ3v) is 5.37. The number of sulfonamides is 1. The van der Waals surface area contributed by atoms with Crippen LogP contribution in [0.3, 0.4) is 0 Å². The summed E-state index contributed by atoms with van der Waals surface area (Å²) in [5, 5.41) is 1.59. The average Bonchev–Trinajstić information content (AvgIpc) is 2.80. The third-order valence-electron chi connectivity index (χ3n) is 2.54. The normalized spacial score (nSPS) is 11.3. The van der Waals surface area contributed by atoms with Gasteiger partial charge in [0.25, 0.3) is 10.0 Å². The van der Waals surface area contributed by atoms with Crippen LogP contribution in [0.2, 0.25) is 0 Å². The van der Waals surface area contributed by atoms with Crippen LogP contribution in [0, 0.1) is 6.92 Å². The van der Waals surface area contributed by atoms with Crippen molar-refractivity contribution in [3.8, 4) is 5.75 Å². The number of hydrogen-bond acceptors (Lipinski definition) is 5. The minimum Gasteiger partial charge on any atom is -0.492 e. The number of ether oxygens (including phenoxy) is 1. The smallest absolute Gasteiger partial charge is 0.271 e. The van der Waals surface area contributed by atoms with Gasteiger partial charge in [0, 0.05) is 11.1 Å². The van der Waals surface area contributed by atoms with Gasteiger partial charge in [0.15, 0.2) is 0 Å². The summed E-state index contributed by atoms with van der Waals surface area (Å²) in [6.45, 7) is 4.23. The Morgan fingerprint density at radius 3 is 2.70 bits per heavy atom. The number of benzene rings is 1. The molecular formula is C13H16N2O3S2. The Morgan fingerprint density at radius 2 is 2.10 bits per heavy atom. The molecule has 0 unspecified atom stereocenters. The fourth-order valence-corrected chi connectivity index (χ4v) is 3.81. The molecule has 5 nitrogen and oxygen atoms in total. The lowest BCUT2D eigenvalue weighted by Crippen LogP contribution is -2.12. The largest absolute Gasteiger partial charge is 0.492 e. The van der Waals surface area contributed by atoms with Crippen LogP contribution in [-0.2, 0) is 10.0 Å². The molecule has 7 heteroatoms. The van der Waals surface area contributed by atoms with Gasteiger partial charge in [0.2, 0.25) is 0 Å². The predicted octanol–water partition coefficient (Wildman–Crippen LogP) is 2.84. The Labute approximate surface area is 122 Å². The van der Waals surface area contributed by atoms with Crippen LogP contribution >= 0.6 is 11.3 Å². The second kappa shape index (κ2) is 5.72. The topological polar surface area (TPSA) is 81.4 Å². The lowest BCUT2D eigenvalue weighted by molar-refractivity contribution is 0.342. The second-order valence-corrected chi connectivity index (χ2v) is 7.06. The van der Waals surface area contributed by atoms with Crippen LogP contribution in [0.15, 0.2) is 33.9 Å². The molecule has 0 atom stereocenters. The van der Waals surface area contributed by atoms with Gasteiger partial charge in [-0.15, -0.1) is 11.3 Å². The van der Waals surface area contributed by atoms with E-state index in [1.165, 1.54) is 6.07 Å². The Hall–Kier alpha value is -1.73. The summed E-state index contributed by atoms with van der Waals surface area (Å²) in [4.78, 5) is 0. The molecule has 0 aliphatic carbocycles. The molecule has 0 radical (unpaired) electrons. The molecule has 0 saturated heterocycles. The molecule has 0 fully saturated rings. The molecule has 2 aromatic rings. The molecule has 0 saturated carbocycles. The summed E-state index contributed by atoms with van der Waals surface area (Å²) in [6.07, 6.45) is 0. The summed E-state index contributed by atoms with van der Waals surface area (Å²) in [5.74, 6) is 0.514. The molecule has 3 N–H and O–H groups in total. The van der Waals surface area contributed by atoms with Crippen molar-refractivity contribution < 1.29 is 13.2 Å².